The highest BCUT2D eigenvalue weighted by atomic mass is 19.1. The van der Waals surface area contributed by atoms with E-state index in [-0.39, 0.29) is 43.7 Å². The molecule has 2 N–H and O–H groups in total. The van der Waals surface area contributed by atoms with Gasteiger partial charge >= 0.3 is 6.09 Å². The Bertz CT molecular complexity index is 670. The summed E-state index contributed by atoms with van der Waals surface area (Å²) in [4.78, 5) is 37.3. The molecule has 1 atom stereocenters. The molecule has 1 aromatic carbocycles. The highest BCUT2D eigenvalue weighted by Crippen LogP contribution is 2.25. The van der Waals surface area contributed by atoms with Gasteiger partial charge in [-0.3, -0.25) is 9.59 Å². The van der Waals surface area contributed by atoms with E-state index in [1.807, 2.05) is 0 Å². The Morgan fingerprint density at radius 1 is 1.19 bits per heavy atom. The molecule has 0 saturated carbocycles. The maximum Gasteiger partial charge on any atom is 0.407 e. The molecule has 1 aromatic rings. The molecule has 1 heterocycles. The minimum atomic E-state index is -0.582. The van der Waals surface area contributed by atoms with Crippen LogP contribution in [0.2, 0.25) is 0 Å². The minimum absolute atomic E-state index is 0.0999. The number of nitrogens with one attached hydrogen (secondary N) is 2. The predicted octanol–water partition coefficient (Wildman–Crippen LogP) is 1.82. The largest absolute Gasteiger partial charge is 0.444 e. The summed E-state index contributed by atoms with van der Waals surface area (Å²) in [5, 5.41) is 5.24. The third kappa shape index (κ3) is 5.72. The maximum atomic E-state index is 13.0. The zero-order chi connectivity index (χ0) is 19.3. The lowest BCUT2D eigenvalue weighted by molar-refractivity contribution is -0.126. The van der Waals surface area contributed by atoms with E-state index in [4.69, 9.17) is 4.74 Å². The summed E-state index contributed by atoms with van der Waals surface area (Å²) in [5.74, 6) is -1.29. The van der Waals surface area contributed by atoms with Crippen LogP contribution in [0, 0.1) is 11.7 Å². The predicted molar refractivity (Wildman–Crippen MR) is 94.1 cm³/mol. The average molecular weight is 365 g/mol. The van der Waals surface area contributed by atoms with Gasteiger partial charge < -0.3 is 20.3 Å². The van der Waals surface area contributed by atoms with Gasteiger partial charge in [0.05, 0.1) is 5.92 Å². The Labute approximate surface area is 151 Å². The van der Waals surface area contributed by atoms with Crippen LogP contribution in [0.1, 0.15) is 27.2 Å². The minimum Gasteiger partial charge on any atom is -0.444 e. The summed E-state index contributed by atoms with van der Waals surface area (Å²) in [6.07, 6.45) is -0.451. The van der Waals surface area contributed by atoms with Gasteiger partial charge in [-0.1, -0.05) is 0 Å². The first kappa shape index (κ1) is 19.7. The molecule has 1 aliphatic heterocycles. The number of rotatable bonds is 5. The first-order chi connectivity index (χ1) is 12.2. The van der Waals surface area contributed by atoms with E-state index >= 15 is 0 Å². The maximum absolute atomic E-state index is 13.0. The SMILES string of the molecule is CC(C)(C)OC(=O)NCCNC(=O)[C@H]1CC(=O)N(c2ccc(F)cc2)C1. The van der Waals surface area contributed by atoms with Crippen LogP contribution in [0.25, 0.3) is 0 Å². The van der Waals surface area contributed by atoms with Crippen LogP contribution in [-0.2, 0) is 14.3 Å². The number of benzene rings is 1. The number of halogens is 1. The van der Waals surface area contributed by atoms with Gasteiger partial charge in [-0.25, -0.2) is 9.18 Å². The number of alkyl carbamates (subject to hydrolysis) is 1. The van der Waals surface area contributed by atoms with Crippen molar-refractivity contribution in [3.63, 3.8) is 0 Å². The molecule has 1 aliphatic rings. The molecule has 0 radical (unpaired) electrons. The molecule has 3 amide bonds. The van der Waals surface area contributed by atoms with E-state index in [2.05, 4.69) is 10.6 Å². The number of ether oxygens (including phenoxy) is 1. The standard InChI is InChI=1S/C18H24FN3O4/c1-18(2,3)26-17(25)21-9-8-20-16(24)12-10-15(23)22(11-12)14-6-4-13(19)5-7-14/h4-7,12H,8-11H2,1-3H3,(H,20,24)(H,21,25)/t12-/m0/s1. The number of hydrogen-bond acceptors (Lipinski definition) is 4. The highest BCUT2D eigenvalue weighted by molar-refractivity contribution is 6.00. The first-order valence-electron chi connectivity index (χ1n) is 8.46. The summed E-state index contributed by atoms with van der Waals surface area (Å²) in [7, 11) is 0. The zero-order valence-corrected chi connectivity index (χ0v) is 15.2. The van der Waals surface area contributed by atoms with Gasteiger partial charge in [0.25, 0.3) is 0 Å². The fraction of sp³-hybridized carbons (Fsp3) is 0.500. The lowest BCUT2D eigenvalue weighted by Gasteiger charge is -2.20. The highest BCUT2D eigenvalue weighted by Gasteiger charge is 2.34. The summed E-state index contributed by atoms with van der Waals surface area (Å²) in [6.45, 7) is 5.99. The van der Waals surface area contributed by atoms with Crippen molar-refractivity contribution in [2.24, 2.45) is 5.92 Å². The fourth-order valence-electron chi connectivity index (χ4n) is 2.56. The molecule has 7 nitrogen and oxygen atoms in total. The second kappa shape index (κ2) is 8.16. The Kier molecular flexibility index (Phi) is 6.18. The van der Waals surface area contributed by atoms with Crippen molar-refractivity contribution in [1.82, 2.24) is 10.6 Å². The van der Waals surface area contributed by atoms with Crippen molar-refractivity contribution < 1.29 is 23.5 Å². The molecule has 0 bridgehead atoms. The van der Waals surface area contributed by atoms with Crippen molar-refractivity contribution in [3.05, 3.63) is 30.1 Å². The molecule has 1 saturated heterocycles. The van der Waals surface area contributed by atoms with E-state index in [1.54, 1.807) is 20.8 Å². The average Bonchev–Trinajstić information content (AvgIpc) is 2.92. The van der Waals surface area contributed by atoms with Gasteiger partial charge in [0, 0.05) is 31.7 Å². The number of amides is 3. The third-order valence-corrected chi connectivity index (χ3v) is 3.73. The molecule has 2 rings (SSSR count). The molecule has 0 aromatic heterocycles. The van der Waals surface area contributed by atoms with E-state index in [0.29, 0.717) is 5.69 Å². The van der Waals surface area contributed by atoms with Gasteiger partial charge in [0.2, 0.25) is 11.8 Å². The van der Waals surface area contributed by atoms with Crippen LogP contribution in [0.5, 0.6) is 0 Å². The lowest BCUT2D eigenvalue weighted by atomic mass is 10.1. The number of hydrogen-bond donors (Lipinski definition) is 2. The second-order valence-electron chi connectivity index (χ2n) is 7.10. The van der Waals surface area contributed by atoms with E-state index < -0.39 is 17.6 Å². The number of nitrogens with zero attached hydrogens (tertiary/aromatic N) is 1. The van der Waals surface area contributed by atoms with Crippen LogP contribution in [0.4, 0.5) is 14.9 Å². The summed E-state index contributed by atoms with van der Waals surface area (Å²) < 4.78 is 18.1. The summed E-state index contributed by atoms with van der Waals surface area (Å²) >= 11 is 0. The van der Waals surface area contributed by atoms with Crippen LogP contribution >= 0.6 is 0 Å². The Morgan fingerprint density at radius 3 is 2.42 bits per heavy atom. The number of anilines is 1. The van der Waals surface area contributed by atoms with Crippen LogP contribution in [-0.4, -0.2) is 43.1 Å². The van der Waals surface area contributed by atoms with E-state index in [1.165, 1.54) is 29.2 Å². The topological polar surface area (TPSA) is 87.7 Å². The van der Waals surface area contributed by atoms with E-state index in [9.17, 15) is 18.8 Å². The van der Waals surface area contributed by atoms with Crippen molar-refractivity contribution in [1.29, 1.82) is 0 Å². The van der Waals surface area contributed by atoms with E-state index in [0.717, 1.165) is 0 Å². The first-order valence-corrected chi connectivity index (χ1v) is 8.46. The van der Waals surface area contributed by atoms with Crippen molar-refractivity contribution in [3.8, 4) is 0 Å². The number of carbonyl (C=O) groups excluding carboxylic acids is 3. The van der Waals surface area contributed by atoms with Gasteiger partial charge in [0.15, 0.2) is 0 Å². The normalized spacial score (nSPS) is 17.2. The molecule has 0 spiro atoms. The Hall–Kier alpha value is -2.64. The van der Waals surface area contributed by atoms with Crippen LogP contribution in [0.3, 0.4) is 0 Å². The second-order valence-corrected chi connectivity index (χ2v) is 7.10. The molecule has 8 heteroatoms. The summed E-state index contributed by atoms with van der Waals surface area (Å²) in [5.41, 5.74) is -0.0141. The molecule has 1 fully saturated rings. The van der Waals surface area contributed by atoms with Crippen LogP contribution in [0.15, 0.2) is 24.3 Å². The van der Waals surface area contributed by atoms with Crippen molar-refractivity contribution >= 4 is 23.6 Å². The number of carbonyl (C=O) groups is 3. The van der Waals surface area contributed by atoms with Crippen LogP contribution < -0.4 is 15.5 Å². The fourth-order valence-corrected chi connectivity index (χ4v) is 2.56. The molecule has 0 unspecified atom stereocenters. The molecule has 26 heavy (non-hydrogen) atoms. The Morgan fingerprint density at radius 2 is 1.81 bits per heavy atom. The molecular formula is C18H24FN3O4. The quantitative estimate of drug-likeness (QED) is 0.779. The third-order valence-electron chi connectivity index (χ3n) is 3.73. The zero-order valence-electron chi connectivity index (χ0n) is 15.2. The van der Waals surface area contributed by atoms with Gasteiger partial charge in [0.1, 0.15) is 11.4 Å². The molecule has 142 valence electrons. The van der Waals surface area contributed by atoms with Gasteiger partial charge in [-0.15, -0.1) is 0 Å². The smallest absolute Gasteiger partial charge is 0.407 e. The lowest BCUT2D eigenvalue weighted by Crippen LogP contribution is -2.40. The van der Waals surface area contributed by atoms with Crippen molar-refractivity contribution in [2.75, 3.05) is 24.5 Å². The Balaban J connectivity index is 1.76. The van der Waals surface area contributed by atoms with Crippen molar-refractivity contribution in [2.45, 2.75) is 32.8 Å². The molecular weight excluding hydrogens is 341 g/mol. The molecule has 0 aliphatic carbocycles. The van der Waals surface area contributed by atoms with Gasteiger partial charge in [-0.2, -0.15) is 0 Å². The monoisotopic (exact) mass is 365 g/mol. The summed E-state index contributed by atoms with van der Waals surface area (Å²) in [6, 6.07) is 5.58. The van der Waals surface area contributed by atoms with Gasteiger partial charge in [-0.05, 0) is 45.0 Å².